The molecule has 1 saturated heterocycles. The van der Waals surface area contributed by atoms with Crippen molar-refractivity contribution in [2.45, 2.75) is 25.8 Å². The quantitative estimate of drug-likeness (QED) is 0.775. The molecule has 1 fully saturated rings. The third kappa shape index (κ3) is 4.39. The van der Waals surface area contributed by atoms with E-state index in [-0.39, 0.29) is 0 Å². The minimum atomic E-state index is 0.707. The average Bonchev–Trinajstić information content (AvgIpc) is 2.86. The molecule has 1 aliphatic heterocycles. The molecule has 2 N–H and O–H groups in total. The van der Waals surface area contributed by atoms with Crippen LogP contribution in [0, 0.1) is 0 Å². The second kappa shape index (κ2) is 7.50. The van der Waals surface area contributed by atoms with Crippen molar-refractivity contribution in [3.63, 3.8) is 0 Å². The first-order chi connectivity index (χ1) is 9.69. The smallest absolute Gasteiger partial charge is 0.121 e. The minimum absolute atomic E-state index is 0.707. The van der Waals surface area contributed by atoms with Crippen molar-refractivity contribution < 1.29 is 4.74 Å². The second-order valence-electron chi connectivity index (χ2n) is 5.61. The van der Waals surface area contributed by atoms with E-state index in [1.54, 1.807) is 0 Å². The second-order valence-corrected chi connectivity index (χ2v) is 5.61. The zero-order valence-corrected chi connectivity index (χ0v) is 12.7. The number of ether oxygens (including phenoxy) is 1. The number of benzene rings is 1. The zero-order chi connectivity index (χ0) is 14.4. The molecule has 1 unspecified atom stereocenters. The molecule has 1 atom stereocenters. The van der Waals surface area contributed by atoms with Crippen molar-refractivity contribution in [2.24, 2.45) is 0 Å². The monoisotopic (exact) mass is 277 g/mol. The molecule has 20 heavy (non-hydrogen) atoms. The van der Waals surface area contributed by atoms with Gasteiger partial charge in [0.25, 0.3) is 0 Å². The van der Waals surface area contributed by atoms with E-state index >= 15 is 0 Å². The van der Waals surface area contributed by atoms with Crippen molar-refractivity contribution in [2.75, 3.05) is 45.6 Å². The molecular weight excluding hydrogens is 250 g/mol. The molecule has 0 radical (unpaired) electrons. The predicted molar refractivity (Wildman–Crippen MR) is 84.1 cm³/mol. The SMILES string of the molecule is CCN1CCCC1CN(C)CCOc1cccc(N)c1. The highest BCUT2D eigenvalue weighted by molar-refractivity contribution is 5.43. The minimum Gasteiger partial charge on any atom is -0.492 e. The van der Waals surface area contributed by atoms with Gasteiger partial charge in [0.05, 0.1) is 0 Å². The highest BCUT2D eigenvalue weighted by Gasteiger charge is 2.23. The first kappa shape index (κ1) is 15.1. The van der Waals surface area contributed by atoms with Gasteiger partial charge in [-0.2, -0.15) is 0 Å². The van der Waals surface area contributed by atoms with Gasteiger partial charge in [-0.1, -0.05) is 13.0 Å². The highest BCUT2D eigenvalue weighted by Crippen LogP contribution is 2.17. The number of rotatable bonds is 7. The van der Waals surface area contributed by atoms with Gasteiger partial charge < -0.3 is 15.4 Å². The fourth-order valence-electron chi connectivity index (χ4n) is 2.89. The van der Waals surface area contributed by atoms with Gasteiger partial charge in [0.2, 0.25) is 0 Å². The molecule has 0 aromatic heterocycles. The Morgan fingerprint density at radius 2 is 2.30 bits per heavy atom. The van der Waals surface area contributed by atoms with Crippen molar-refractivity contribution in [3.05, 3.63) is 24.3 Å². The van der Waals surface area contributed by atoms with E-state index < -0.39 is 0 Å². The maximum Gasteiger partial charge on any atom is 0.121 e. The van der Waals surface area contributed by atoms with E-state index in [1.165, 1.54) is 19.4 Å². The number of likely N-dealkylation sites (tertiary alicyclic amines) is 1. The Morgan fingerprint density at radius 3 is 3.05 bits per heavy atom. The van der Waals surface area contributed by atoms with E-state index in [9.17, 15) is 0 Å². The molecule has 0 amide bonds. The topological polar surface area (TPSA) is 41.7 Å². The predicted octanol–water partition coefficient (Wildman–Crippen LogP) is 2.06. The Bertz CT molecular complexity index is 410. The van der Waals surface area contributed by atoms with Gasteiger partial charge in [-0.25, -0.2) is 0 Å². The Balaban J connectivity index is 1.68. The summed E-state index contributed by atoms with van der Waals surface area (Å²) in [7, 11) is 2.18. The van der Waals surface area contributed by atoms with Crippen LogP contribution >= 0.6 is 0 Å². The van der Waals surface area contributed by atoms with Gasteiger partial charge in [0, 0.05) is 30.9 Å². The van der Waals surface area contributed by atoms with Crippen LogP contribution < -0.4 is 10.5 Å². The number of likely N-dealkylation sites (N-methyl/N-ethyl adjacent to an activating group) is 2. The largest absolute Gasteiger partial charge is 0.492 e. The third-order valence-corrected chi connectivity index (χ3v) is 4.03. The number of nitrogens with zero attached hydrogens (tertiary/aromatic N) is 2. The number of hydrogen-bond donors (Lipinski definition) is 1. The Labute approximate surface area is 122 Å². The molecule has 4 heteroatoms. The van der Waals surface area contributed by atoms with Crippen molar-refractivity contribution in [1.82, 2.24) is 9.80 Å². The van der Waals surface area contributed by atoms with Gasteiger partial charge in [-0.3, -0.25) is 4.90 Å². The van der Waals surface area contributed by atoms with E-state index in [2.05, 4.69) is 23.8 Å². The Hall–Kier alpha value is -1.26. The summed E-state index contributed by atoms with van der Waals surface area (Å²) in [4.78, 5) is 4.94. The summed E-state index contributed by atoms with van der Waals surface area (Å²) in [6.07, 6.45) is 2.67. The molecule has 2 rings (SSSR count). The van der Waals surface area contributed by atoms with Gasteiger partial charge >= 0.3 is 0 Å². The summed E-state index contributed by atoms with van der Waals surface area (Å²) < 4.78 is 5.74. The van der Waals surface area contributed by atoms with Crippen molar-refractivity contribution >= 4 is 5.69 Å². The molecule has 4 nitrogen and oxygen atoms in total. The lowest BCUT2D eigenvalue weighted by Crippen LogP contribution is -2.39. The fraction of sp³-hybridized carbons (Fsp3) is 0.625. The van der Waals surface area contributed by atoms with Crippen LogP contribution in [0.2, 0.25) is 0 Å². The zero-order valence-electron chi connectivity index (χ0n) is 12.7. The third-order valence-electron chi connectivity index (χ3n) is 4.03. The van der Waals surface area contributed by atoms with Crippen molar-refractivity contribution in [1.29, 1.82) is 0 Å². The van der Waals surface area contributed by atoms with Gasteiger partial charge in [-0.15, -0.1) is 0 Å². The molecule has 1 aliphatic rings. The number of nitrogens with two attached hydrogens (primary N) is 1. The molecule has 1 aromatic rings. The summed E-state index contributed by atoms with van der Waals surface area (Å²) >= 11 is 0. The molecule has 0 spiro atoms. The fourth-order valence-corrected chi connectivity index (χ4v) is 2.89. The molecule has 112 valence electrons. The van der Waals surface area contributed by atoms with Gasteiger partial charge in [-0.05, 0) is 45.1 Å². The normalized spacial score (nSPS) is 19.6. The number of anilines is 1. The van der Waals surface area contributed by atoms with Gasteiger partial charge in [0.15, 0.2) is 0 Å². The first-order valence-corrected chi connectivity index (χ1v) is 7.60. The summed E-state index contributed by atoms with van der Waals surface area (Å²) in [5.74, 6) is 0.856. The Kier molecular flexibility index (Phi) is 5.68. The van der Waals surface area contributed by atoms with Crippen LogP contribution in [0.15, 0.2) is 24.3 Å². The summed E-state index contributed by atoms with van der Waals surface area (Å²) in [6, 6.07) is 8.34. The van der Waals surface area contributed by atoms with E-state index in [4.69, 9.17) is 10.5 Å². The maximum absolute atomic E-state index is 5.74. The summed E-state index contributed by atoms with van der Waals surface area (Å²) in [6.45, 7) is 7.46. The van der Waals surface area contributed by atoms with Crippen LogP contribution in [-0.2, 0) is 0 Å². The molecule has 0 saturated carbocycles. The van der Waals surface area contributed by atoms with Crippen LogP contribution in [0.3, 0.4) is 0 Å². The maximum atomic E-state index is 5.74. The lowest BCUT2D eigenvalue weighted by molar-refractivity contribution is 0.177. The molecule has 1 heterocycles. The summed E-state index contributed by atoms with van der Waals surface area (Å²) in [5.41, 5.74) is 6.48. The van der Waals surface area contributed by atoms with Gasteiger partial charge in [0.1, 0.15) is 12.4 Å². The standard InChI is InChI=1S/C16H27N3O/c1-3-19-9-5-7-15(19)13-18(2)10-11-20-16-8-4-6-14(17)12-16/h4,6,8,12,15H,3,5,7,9-11,13,17H2,1-2H3. The number of nitrogen functional groups attached to an aromatic ring is 1. The summed E-state index contributed by atoms with van der Waals surface area (Å²) in [5, 5.41) is 0. The Morgan fingerprint density at radius 1 is 1.45 bits per heavy atom. The van der Waals surface area contributed by atoms with Crippen LogP contribution in [0.1, 0.15) is 19.8 Å². The number of hydrogen-bond acceptors (Lipinski definition) is 4. The molecule has 1 aromatic carbocycles. The van der Waals surface area contributed by atoms with Crippen LogP contribution in [0.5, 0.6) is 5.75 Å². The average molecular weight is 277 g/mol. The molecular formula is C16H27N3O. The van der Waals surface area contributed by atoms with Crippen LogP contribution in [-0.4, -0.2) is 55.7 Å². The van der Waals surface area contributed by atoms with E-state index in [0.29, 0.717) is 6.61 Å². The molecule has 0 aliphatic carbocycles. The van der Waals surface area contributed by atoms with Crippen molar-refractivity contribution in [3.8, 4) is 5.75 Å². The van der Waals surface area contributed by atoms with Crippen LogP contribution in [0.25, 0.3) is 0 Å². The highest BCUT2D eigenvalue weighted by atomic mass is 16.5. The lowest BCUT2D eigenvalue weighted by Gasteiger charge is -2.27. The van der Waals surface area contributed by atoms with E-state index in [1.807, 2.05) is 24.3 Å². The molecule has 0 bridgehead atoms. The van der Waals surface area contributed by atoms with E-state index in [0.717, 1.165) is 37.1 Å². The lowest BCUT2D eigenvalue weighted by atomic mass is 10.2. The first-order valence-electron chi connectivity index (χ1n) is 7.60. The van der Waals surface area contributed by atoms with Crippen LogP contribution in [0.4, 0.5) is 5.69 Å².